The zero-order chi connectivity index (χ0) is 14.9. The highest BCUT2D eigenvalue weighted by molar-refractivity contribution is 7.51. The minimum absolute atomic E-state index is 0.116. The van der Waals surface area contributed by atoms with E-state index in [1.54, 1.807) is 0 Å². The molecule has 0 unspecified atom stereocenters. The number of hydrogen-bond acceptors (Lipinski definition) is 3. The molecule has 6 heteroatoms. The van der Waals surface area contributed by atoms with Crippen LogP contribution in [0, 0.1) is 0 Å². The van der Waals surface area contributed by atoms with E-state index in [1.165, 1.54) is 0 Å². The summed E-state index contributed by atoms with van der Waals surface area (Å²) in [5.74, 6) is 1.51. The topological polar surface area (TPSA) is 70.0 Å². The average molecular weight is 305 g/mol. The van der Waals surface area contributed by atoms with Crippen LogP contribution in [-0.2, 0) is 4.57 Å². The normalized spacial score (nSPS) is 13.3. The van der Waals surface area contributed by atoms with Crippen molar-refractivity contribution in [3.8, 4) is 11.5 Å². The fourth-order valence-corrected chi connectivity index (χ4v) is 3.01. The van der Waals surface area contributed by atoms with Crippen LogP contribution in [0.2, 0.25) is 0 Å². The number of anilines is 2. The van der Waals surface area contributed by atoms with Crippen LogP contribution in [0.5, 0.6) is 11.5 Å². The SMILES string of the molecule is O=P(O)(O)CCCN1c2ccccc2Oc2ccccc21. The molecule has 2 aromatic rings. The second kappa shape index (κ2) is 5.53. The van der Waals surface area contributed by atoms with Crippen LogP contribution < -0.4 is 9.64 Å². The van der Waals surface area contributed by atoms with Gasteiger partial charge in [-0.1, -0.05) is 24.3 Å². The number of ether oxygens (including phenoxy) is 1. The van der Waals surface area contributed by atoms with Crippen LogP contribution in [0.25, 0.3) is 0 Å². The monoisotopic (exact) mass is 305 g/mol. The summed E-state index contributed by atoms with van der Waals surface area (Å²) in [4.78, 5) is 20.1. The lowest BCUT2D eigenvalue weighted by Crippen LogP contribution is -2.23. The Balaban J connectivity index is 1.90. The van der Waals surface area contributed by atoms with Gasteiger partial charge >= 0.3 is 7.60 Å². The summed E-state index contributed by atoms with van der Waals surface area (Å²) in [7, 11) is -3.96. The molecule has 0 spiro atoms. The van der Waals surface area contributed by atoms with E-state index in [4.69, 9.17) is 14.5 Å². The minimum atomic E-state index is -3.96. The average Bonchev–Trinajstić information content (AvgIpc) is 2.45. The second-order valence-corrected chi connectivity index (χ2v) is 6.71. The summed E-state index contributed by atoms with van der Waals surface area (Å²) in [6.07, 6.45) is 0.293. The Morgan fingerprint density at radius 1 is 0.952 bits per heavy atom. The van der Waals surface area contributed by atoms with Gasteiger partial charge in [0.05, 0.1) is 17.5 Å². The van der Waals surface area contributed by atoms with Crippen molar-refractivity contribution in [3.63, 3.8) is 0 Å². The van der Waals surface area contributed by atoms with Crippen molar-refractivity contribution in [3.05, 3.63) is 48.5 Å². The first-order chi connectivity index (χ1) is 10.0. The first-order valence-corrected chi connectivity index (χ1v) is 8.52. The molecule has 5 nitrogen and oxygen atoms in total. The maximum Gasteiger partial charge on any atom is 0.325 e. The van der Waals surface area contributed by atoms with Crippen molar-refractivity contribution >= 4 is 19.0 Å². The fourth-order valence-electron chi connectivity index (χ4n) is 2.46. The highest BCUT2D eigenvalue weighted by atomic mass is 31.2. The summed E-state index contributed by atoms with van der Waals surface area (Å²) in [5.41, 5.74) is 1.84. The summed E-state index contributed by atoms with van der Waals surface area (Å²) in [6.45, 7) is 0.530. The van der Waals surface area contributed by atoms with E-state index in [9.17, 15) is 4.57 Å². The number of rotatable bonds is 4. The molecule has 110 valence electrons. The molecule has 2 aromatic carbocycles. The molecule has 1 aliphatic heterocycles. The van der Waals surface area contributed by atoms with E-state index in [0.29, 0.717) is 13.0 Å². The van der Waals surface area contributed by atoms with Crippen LogP contribution in [-0.4, -0.2) is 22.5 Å². The molecule has 2 N–H and O–H groups in total. The van der Waals surface area contributed by atoms with Crippen LogP contribution >= 0.6 is 7.60 Å². The maximum atomic E-state index is 11.0. The number of benzene rings is 2. The van der Waals surface area contributed by atoms with E-state index < -0.39 is 7.60 Å². The maximum absolute atomic E-state index is 11.0. The van der Waals surface area contributed by atoms with E-state index in [1.807, 2.05) is 53.4 Å². The molecule has 0 saturated carbocycles. The predicted octanol–water partition coefficient (Wildman–Crippen LogP) is 3.50. The quantitative estimate of drug-likeness (QED) is 0.846. The third-order valence-electron chi connectivity index (χ3n) is 3.36. The van der Waals surface area contributed by atoms with Crippen LogP contribution in [0.3, 0.4) is 0 Å². The molecule has 0 amide bonds. The molecule has 3 rings (SSSR count). The number of hydrogen-bond donors (Lipinski definition) is 2. The molecule has 1 heterocycles. The highest BCUT2D eigenvalue weighted by Crippen LogP contribution is 2.46. The lowest BCUT2D eigenvalue weighted by atomic mass is 10.1. The minimum Gasteiger partial charge on any atom is -0.453 e. The van der Waals surface area contributed by atoms with E-state index >= 15 is 0 Å². The van der Waals surface area contributed by atoms with Crippen molar-refractivity contribution in [2.45, 2.75) is 6.42 Å². The number of para-hydroxylation sites is 4. The van der Waals surface area contributed by atoms with Gasteiger partial charge in [-0.15, -0.1) is 0 Å². The molecule has 0 bridgehead atoms. The molecule has 0 saturated heterocycles. The van der Waals surface area contributed by atoms with E-state index in [2.05, 4.69) is 0 Å². The Labute approximate surface area is 123 Å². The van der Waals surface area contributed by atoms with Crippen molar-refractivity contribution in [1.82, 2.24) is 0 Å². The van der Waals surface area contributed by atoms with Gasteiger partial charge in [0.25, 0.3) is 0 Å². The van der Waals surface area contributed by atoms with Crippen LogP contribution in [0.4, 0.5) is 11.4 Å². The molecule has 0 aromatic heterocycles. The van der Waals surface area contributed by atoms with Gasteiger partial charge in [0.1, 0.15) is 0 Å². The smallest absolute Gasteiger partial charge is 0.325 e. The summed E-state index contributed by atoms with van der Waals surface area (Å²) in [5, 5.41) is 0. The van der Waals surface area contributed by atoms with Gasteiger partial charge in [-0.2, -0.15) is 0 Å². The van der Waals surface area contributed by atoms with Gasteiger partial charge < -0.3 is 19.4 Å². The number of nitrogens with zero attached hydrogens (tertiary/aromatic N) is 1. The first kappa shape index (κ1) is 14.1. The molecular weight excluding hydrogens is 289 g/mol. The van der Waals surface area contributed by atoms with E-state index in [0.717, 1.165) is 22.9 Å². The number of fused-ring (bicyclic) bond motifs is 2. The first-order valence-electron chi connectivity index (χ1n) is 6.73. The van der Waals surface area contributed by atoms with Crippen molar-refractivity contribution < 1.29 is 19.1 Å². The third-order valence-corrected chi connectivity index (χ3v) is 4.26. The molecule has 1 aliphatic rings. The van der Waals surface area contributed by atoms with Gasteiger partial charge in [-0.05, 0) is 30.7 Å². The van der Waals surface area contributed by atoms with Crippen molar-refractivity contribution in [2.75, 3.05) is 17.6 Å². The predicted molar refractivity (Wildman–Crippen MR) is 81.5 cm³/mol. The van der Waals surface area contributed by atoms with Gasteiger partial charge in [0, 0.05) is 6.54 Å². The molecule has 0 atom stereocenters. The summed E-state index contributed by atoms with van der Waals surface area (Å²) < 4.78 is 16.9. The largest absolute Gasteiger partial charge is 0.453 e. The van der Waals surface area contributed by atoms with Crippen molar-refractivity contribution in [2.24, 2.45) is 0 Å². The Bertz CT molecular complexity index is 652. The zero-order valence-electron chi connectivity index (χ0n) is 11.3. The molecule has 0 fully saturated rings. The van der Waals surface area contributed by atoms with Gasteiger partial charge in [-0.3, -0.25) is 4.57 Å². The Morgan fingerprint density at radius 2 is 1.48 bits per heavy atom. The summed E-state index contributed by atoms with van der Waals surface area (Å²) >= 11 is 0. The van der Waals surface area contributed by atoms with Gasteiger partial charge in [0.2, 0.25) is 0 Å². The van der Waals surface area contributed by atoms with Gasteiger partial charge in [-0.25, -0.2) is 0 Å². The third kappa shape index (κ3) is 3.10. The zero-order valence-corrected chi connectivity index (χ0v) is 12.2. The summed E-state index contributed by atoms with van der Waals surface area (Å²) in [6, 6.07) is 15.3. The van der Waals surface area contributed by atoms with E-state index in [-0.39, 0.29) is 6.16 Å². The highest BCUT2D eigenvalue weighted by Gasteiger charge is 2.24. The molecular formula is C15H16NO4P. The molecule has 0 aliphatic carbocycles. The van der Waals surface area contributed by atoms with Crippen molar-refractivity contribution in [1.29, 1.82) is 0 Å². The second-order valence-electron chi connectivity index (χ2n) is 4.93. The van der Waals surface area contributed by atoms with Crippen LogP contribution in [0.1, 0.15) is 6.42 Å². The molecule has 0 radical (unpaired) electrons. The standard InChI is InChI=1S/C15H16NO4P/c17-21(18,19)11-5-10-16-12-6-1-3-8-14(12)20-15-9-4-2-7-13(15)16/h1-4,6-9H,5,10-11H2,(H2,17,18,19). The van der Waals surface area contributed by atoms with Crippen LogP contribution in [0.15, 0.2) is 48.5 Å². The lowest BCUT2D eigenvalue weighted by molar-refractivity contribution is 0.372. The fraction of sp³-hybridized carbons (Fsp3) is 0.200. The Morgan fingerprint density at radius 3 is 2.00 bits per heavy atom. The Hall–Kier alpha value is -1.81. The Kier molecular flexibility index (Phi) is 3.72. The van der Waals surface area contributed by atoms with Gasteiger partial charge in [0.15, 0.2) is 11.5 Å². The molecule has 21 heavy (non-hydrogen) atoms. The lowest BCUT2D eigenvalue weighted by Gasteiger charge is -2.32.